The summed E-state index contributed by atoms with van der Waals surface area (Å²) >= 11 is 0. The number of H-pyrrole nitrogens is 1. The van der Waals surface area contributed by atoms with Crippen LogP contribution in [0.4, 0.5) is 5.82 Å². The lowest BCUT2D eigenvalue weighted by atomic mass is 10.0. The minimum absolute atomic E-state index is 0.258. The third-order valence-corrected chi connectivity index (χ3v) is 4.86. The molecule has 0 aliphatic carbocycles. The lowest BCUT2D eigenvalue weighted by Crippen LogP contribution is -2.45. The van der Waals surface area contributed by atoms with Crippen molar-refractivity contribution < 1.29 is 14.4 Å². The summed E-state index contributed by atoms with van der Waals surface area (Å²) in [4.78, 5) is 39.1. The molecule has 27 heavy (non-hydrogen) atoms. The van der Waals surface area contributed by atoms with Crippen molar-refractivity contribution in [2.75, 3.05) is 11.9 Å². The summed E-state index contributed by atoms with van der Waals surface area (Å²) < 4.78 is 0. The highest BCUT2D eigenvalue weighted by molar-refractivity contribution is 6.22. The molecule has 140 valence electrons. The molecule has 0 unspecified atom stereocenters. The topological polar surface area (TPSA) is 107 Å². The molecule has 1 aromatic carbocycles. The number of aromatic amines is 1. The maximum Gasteiger partial charge on any atom is 0.262 e. The molecule has 0 radical (unpaired) electrons. The van der Waals surface area contributed by atoms with Gasteiger partial charge in [0.1, 0.15) is 0 Å². The van der Waals surface area contributed by atoms with Crippen molar-refractivity contribution in [3.8, 4) is 0 Å². The predicted octanol–water partition coefficient (Wildman–Crippen LogP) is 1.70. The number of carbonyl (C=O) groups is 3. The minimum atomic E-state index is -0.628. The fourth-order valence-electron chi connectivity index (χ4n) is 3.50. The van der Waals surface area contributed by atoms with Crippen LogP contribution in [0.3, 0.4) is 0 Å². The number of benzene rings is 1. The number of hydrogen-bond acceptors (Lipinski definition) is 5. The van der Waals surface area contributed by atoms with Gasteiger partial charge in [-0.15, -0.1) is 0 Å². The fourth-order valence-corrected chi connectivity index (χ4v) is 3.50. The molecule has 0 spiro atoms. The zero-order valence-electron chi connectivity index (χ0n) is 15.5. The van der Waals surface area contributed by atoms with Gasteiger partial charge in [-0.3, -0.25) is 24.4 Å². The Morgan fingerprint density at radius 1 is 1.19 bits per heavy atom. The lowest BCUT2D eigenvalue weighted by molar-refractivity contribution is 0.0507. The summed E-state index contributed by atoms with van der Waals surface area (Å²) in [5.41, 5.74) is 2.23. The number of carbonyl (C=O) groups excluding carboxylic acids is 3. The molecule has 1 aromatic heterocycles. The Kier molecular flexibility index (Phi) is 3.88. The maximum absolute atomic E-state index is 12.7. The van der Waals surface area contributed by atoms with E-state index in [9.17, 15) is 14.4 Å². The van der Waals surface area contributed by atoms with Crippen LogP contribution in [-0.4, -0.2) is 44.9 Å². The molecule has 2 aliphatic heterocycles. The number of fused-ring (bicyclic) bond motifs is 2. The van der Waals surface area contributed by atoms with Gasteiger partial charge in [-0.1, -0.05) is 0 Å². The molecule has 3 N–H and O–H groups in total. The second-order valence-corrected chi connectivity index (χ2v) is 7.79. The van der Waals surface area contributed by atoms with Crippen LogP contribution in [0.15, 0.2) is 18.2 Å². The first-order valence-electron chi connectivity index (χ1n) is 8.88. The molecular formula is C19H21N5O3. The predicted molar refractivity (Wildman–Crippen MR) is 98.6 cm³/mol. The smallest absolute Gasteiger partial charge is 0.262 e. The highest BCUT2D eigenvalue weighted by Crippen LogP contribution is 2.30. The van der Waals surface area contributed by atoms with Gasteiger partial charge in [0.15, 0.2) is 5.82 Å². The van der Waals surface area contributed by atoms with Gasteiger partial charge in [0.25, 0.3) is 17.7 Å². The van der Waals surface area contributed by atoms with Crippen LogP contribution >= 0.6 is 0 Å². The molecule has 0 saturated heterocycles. The first-order chi connectivity index (χ1) is 12.8. The van der Waals surface area contributed by atoms with Crippen molar-refractivity contribution in [1.29, 1.82) is 0 Å². The van der Waals surface area contributed by atoms with E-state index < -0.39 is 5.54 Å². The molecule has 3 amide bonds. The molecule has 0 saturated carbocycles. The Hall–Kier alpha value is -3.00. The van der Waals surface area contributed by atoms with Gasteiger partial charge in [-0.25, -0.2) is 0 Å². The highest BCUT2D eigenvalue weighted by Gasteiger charge is 2.42. The lowest BCUT2D eigenvalue weighted by Gasteiger charge is -2.29. The van der Waals surface area contributed by atoms with Gasteiger partial charge in [0.05, 0.1) is 11.1 Å². The molecule has 4 rings (SSSR count). The SMILES string of the molecule is CC(C)(C)N1C(=O)c2ccc(C(=O)Nc3n[nH]c4c3CNCC4)cc2C1=O. The number of amides is 3. The molecule has 2 aromatic rings. The fraction of sp³-hybridized carbons (Fsp3) is 0.368. The number of hydrogen-bond donors (Lipinski definition) is 3. The Morgan fingerprint density at radius 3 is 2.67 bits per heavy atom. The summed E-state index contributed by atoms with van der Waals surface area (Å²) in [5.74, 6) is -0.589. The summed E-state index contributed by atoms with van der Waals surface area (Å²) in [6.07, 6.45) is 0.830. The van der Waals surface area contributed by atoms with E-state index in [0.29, 0.717) is 23.5 Å². The van der Waals surface area contributed by atoms with Gasteiger partial charge >= 0.3 is 0 Å². The quantitative estimate of drug-likeness (QED) is 0.701. The third kappa shape index (κ3) is 2.82. The monoisotopic (exact) mass is 367 g/mol. The van der Waals surface area contributed by atoms with E-state index in [-0.39, 0.29) is 23.3 Å². The van der Waals surface area contributed by atoms with Crippen LogP contribution in [0.2, 0.25) is 0 Å². The van der Waals surface area contributed by atoms with Crippen LogP contribution in [0.1, 0.15) is 63.1 Å². The third-order valence-electron chi connectivity index (χ3n) is 4.86. The van der Waals surface area contributed by atoms with Crippen molar-refractivity contribution in [1.82, 2.24) is 20.4 Å². The van der Waals surface area contributed by atoms with E-state index in [1.807, 2.05) is 0 Å². The largest absolute Gasteiger partial charge is 0.312 e. The minimum Gasteiger partial charge on any atom is -0.312 e. The van der Waals surface area contributed by atoms with Gasteiger partial charge in [0, 0.05) is 41.9 Å². The second kappa shape index (κ2) is 6.02. The second-order valence-electron chi connectivity index (χ2n) is 7.79. The number of anilines is 1. The zero-order valence-corrected chi connectivity index (χ0v) is 15.5. The van der Waals surface area contributed by atoms with Crippen molar-refractivity contribution >= 4 is 23.5 Å². The number of imide groups is 1. The molecule has 3 heterocycles. The summed E-state index contributed by atoms with van der Waals surface area (Å²) in [6.45, 7) is 6.91. The Labute approximate surface area is 156 Å². The highest BCUT2D eigenvalue weighted by atomic mass is 16.2. The van der Waals surface area contributed by atoms with Crippen LogP contribution < -0.4 is 10.6 Å². The average molecular weight is 367 g/mol. The Balaban J connectivity index is 1.61. The van der Waals surface area contributed by atoms with Crippen LogP contribution in [-0.2, 0) is 13.0 Å². The maximum atomic E-state index is 12.7. The molecule has 0 atom stereocenters. The summed E-state index contributed by atoms with van der Waals surface area (Å²) in [7, 11) is 0. The molecular weight excluding hydrogens is 346 g/mol. The van der Waals surface area contributed by atoms with E-state index in [1.54, 1.807) is 26.8 Å². The summed E-state index contributed by atoms with van der Waals surface area (Å²) in [6, 6.07) is 4.58. The van der Waals surface area contributed by atoms with E-state index in [4.69, 9.17) is 0 Å². The number of rotatable bonds is 2. The molecule has 0 bridgehead atoms. The van der Waals surface area contributed by atoms with E-state index in [1.165, 1.54) is 17.0 Å². The average Bonchev–Trinajstić information content (AvgIpc) is 3.14. The van der Waals surface area contributed by atoms with Crippen molar-refractivity contribution in [3.05, 3.63) is 46.1 Å². The standard InChI is InChI=1S/C19H21N5O3/c1-19(2,3)24-17(26)11-5-4-10(8-12(11)18(24)27)16(25)21-15-13-9-20-7-6-14(13)22-23-15/h4-5,8,20H,6-7,9H2,1-3H3,(H2,21,22,23,25). The van der Waals surface area contributed by atoms with Gasteiger partial charge < -0.3 is 10.6 Å². The van der Waals surface area contributed by atoms with Crippen molar-refractivity contribution in [2.45, 2.75) is 39.3 Å². The van der Waals surface area contributed by atoms with Gasteiger partial charge in [-0.2, -0.15) is 5.10 Å². The Morgan fingerprint density at radius 2 is 1.93 bits per heavy atom. The van der Waals surface area contributed by atoms with Crippen molar-refractivity contribution in [3.63, 3.8) is 0 Å². The normalized spacial score (nSPS) is 16.3. The first kappa shape index (κ1) is 17.4. The van der Waals surface area contributed by atoms with Crippen molar-refractivity contribution in [2.24, 2.45) is 0 Å². The van der Waals surface area contributed by atoms with E-state index in [0.717, 1.165) is 24.2 Å². The number of aromatic nitrogens is 2. The first-order valence-corrected chi connectivity index (χ1v) is 8.88. The van der Waals surface area contributed by atoms with Crippen LogP contribution in [0.25, 0.3) is 0 Å². The molecule has 0 fully saturated rings. The van der Waals surface area contributed by atoms with Gasteiger partial charge in [-0.05, 0) is 39.0 Å². The Bertz CT molecular complexity index is 970. The van der Waals surface area contributed by atoms with Crippen LogP contribution in [0, 0.1) is 0 Å². The number of nitrogens with one attached hydrogen (secondary N) is 3. The zero-order chi connectivity index (χ0) is 19.3. The van der Waals surface area contributed by atoms with E-state index >= 15 is 0 Å². The van der Waals surface area contributed by atoms with Gasteiger partial charge in [0.2, 0.25) is 0 Å². The number of nitrogens with zero attached hydrogens (tertiary/aromatic N) is 2. The molecule has 8 heteroatoms. The molecule has 8 nitrogen and oxygen atoms in total. The summed E-state index contributed by atoms with van der Waals surface area (Å²) in [5, 5.41) is 13.2. The molecule has 2 aliphatic rings. The van der Waals surface area contributed by atoms with E-state index in [2.05, 4.69) is 20.8 Å². The van der Waals surface area contributed by atoms with Crippen LogP contribution in [0.5, 0.6) is 0 Å².